The van der Waals surface area contributed by atoms with E-state index in [1.54, 1.807) is 4.90 Å². The Morgan fingerprint density at radius 2 is 1.61 bits per heavy atom. The van der Waals surface area contributed by atoms with E-state index >= 15 is 0 Å². The van der Waals surface area contributed by atoms with E-state index in [1.807, 2.05) is 0 Å². The van der Waals surface area contributed by atoms with Crippen LogP contribution in [0.3, 0.4) is 0 Å². The Labute approximate surface area is 137 Å². The lowest BCUT2D eigenvalue weighted by Crippen LogP contribution is -2.50. The van der Waals surface area contributed by atoms with E-state index in [9.17, 15) is 24.0 Å². The number of thioether (sulfide) groups is 1. The van der Waals surface area contributed by atoms with Crippen LogP contribution >= 0.6 is 11.8 Å². The van der Waals surface area contributed by atoms with E-state index in [-0.39, 0.29) is 60.0 Å². The van der Waals surface area contributed by atoms with Gasteiger partial charge in [0.15, 0.2) is 0 Å². The molecule has 3 aliphatic rings. The molecule has 124 valence electrons. The van der Waals surface area contributed by atoms with Gasteiger partial charge in [-0.3, -0.25) is 33.8 Å². The van der Waals surface area contributed by atoms with Gasteiger partial charge in [0.1, 0.15) is 6.54 Å². The maximum atomic E-state index is 12.2. The molecule has 5 amide bonds. The molecule has 3 fully saturated rings. The van der Waals surface area contributed by atoms with Crippen LogP contribution in [0.2, 0.25) is 0 Å². The van der Waals surface area contributed by atoms with E-state index in [1.165, 1.54) is 4.90 Å². The monoisotopic (exact) mass is 339 g/mol. The lowest BCUT2D eigenvalue weighted by molar-refractivity contribution is -0.146. The zero-order valence-corrected chi connectivity index (χ0v) is 13.3. The van der Waals surface area contributed by atoms with Gasteiger partial charge in [-0.1, -0.05) is 11.8 Å². The molecule has 0 radical (unpaired) electrons. The van der Waals surface area contributed by atoms with Crippen LogP contribution in [0.25, 0.3) is 0 Å². The van der Waals surface area contributed by atoms with Crippen molar-refractivity contribution >= 4 is 40.6 Å². The van der Waals surface area contributed by atoms with E-state index < -0.39 is 0 Å². The van der Waals surface area contributed by atoms with Gasteiger partial charge in [0.25, 0.3) is 5.24 Å². The maximum absolute atomic E-state index is 12.2. The molecule has 0 aromatic rings. The Hall–Kier alpha value is -1.90. The largest absolute Gasteiger partial charge is 0.341 e. The lowest BCUT2D eigenvalue weighted by Gasteiger charge is -2.35. The van der Waals surface area contributed by atoms with Crippen molar-refractivity contribution in [3.05, 3.63) is 0 Å². The molecule has 3 aliphatic heterocycles. The molecule has 3 heterocycles. The normalized spacial score (nSPS) is 23.4. The Balaban J connectivity index is 1.53. The van der Waals surface area contributed by atoms with Crippen molar-refractivity contribution < 1.29 is 24.0 Å². The van der Waals surface area contributed by atoms with Crippen LogP contribution in [0.15, 0.2) is 0 Å². The predicted octanol–water partition coefficient (Wildman–Crippen LogP) is -0.178. The molecule has 0 bridgehead atoms. The number of piperidine rings is 1. The van der Waals surface area contributed by atoms with Crippen molar-refractivity contribution in [2.45, 2.75) is 31.7 Å². The average molecular weight is 339 g/mol. The van der Waals surface area contributed by atoms with Gasteiger partial charge in [0.2, 0.25) is 23.6 Å². The van der Waals surface area contributed by atoms with E-state index in [2.05, 4.69) is 0 Å². The summed E-state index contributed by atoms with van der Waals surface area (Å²) in [5.41, 5.74) is 0. The molecule has 0 aromatic carbocycles. The number of amides is 5. The number of carbonyl (C=O) groups is 5. The highest BCUT2D eigenvalue weighted by Crippen LogP contribution is 2.26. The third-order valence-electron chi connectivity index (χ3n) is 4.42. The summed E-state index contributed by atoms with van der Waals surface area (Å²) in [6.07, 6.45) is 1.41. The fraction of sp³-hybridized carbons (Fsp3) is 0.643. The Morgan fingerprint density at radius 1 is 1.00 bits per heavy atom. The van der Waals surface area contributed by atoms with Crippen molar-refractivity contribution in [2.24, 2.45) is 0 Å². The van der Waals surface area contributed by atoms with E-state index in [0.29, 0.717) is 25.9 Å². The second-order valence-corrected chi connectivity index (χ2v) is 6.73. The number of hydrogen-bond acceptors (Lipinski definition) is 6. The summed E-state index contributed by atoms with van der Waals surface area (Å²) >= 11 is 1.01. The van der Waals surface area contributed by atoms with Crippen molar-refractivity contribution in [3.63, 3.8) is 0 Å². The molecule has 8 nitrogen and oxygen atoms in total. The average Bonchev–Trinajstić information content (AvgIpc) is 3.03. The highest BCUT2D eigenvalue weighted by atomic mass is 32.2. The van der Waals surface area contributed by atoms with Gasteiger partial charge in [-0.2, -0.15) is 0 Å². The molecule has 9 heteroatoms. The summed E-state index contributed by atoms with van der Waals surface area (Å²) < 4.78 is 0. The Kier molecular flexibility index (Phi) is 4.38. The smallest absolute Gasteiger partial charge is 0.289 e. The highest BCUT2D eigenvalue weighted by molar-refractivity contribution is 8.14. The summed E-state index contributed by atoms with van der Waals surface area (Å²) in [5.74, 6) is -0.845. The third-order valence-corrected chi connectivity index (χ3v) is 5.25. The Morgan fingerprint density at radius 3 is 2.13 bits per heavy atom. The maximum Gasteiger partial charge on any atom is 0.289 e. The number of imide groups is 2. The summed E-state index contributed by atoms with van der Waals surface area (Å²) in [7, 11) is 0. The van der Waals surface area contributed by atoms with Crippen LogP contribution in [0, 0.1) is 0 Å². The molecular weight excluding hydrogens is 322 g/mol. The van der Waals surface area contributed by atoms with Crippen molar-refractivity contribution in [1.82, 2.24) is 14.7 Å². The van der Waals surface area contributed by atoms with Crippen molar-refractivity contribution in [2.75, 3.05) is 25.4 Å². The Bertz CT molecular complexity index is 553. The lowest BCUT2D eigenvalue weighted by atomic mass is 10.0. The zero-order chi connectivity index (χ0) is 16.6. The SMILES string of the molecule is O=C(CN1C(=O)CCC1=O)N1CCC(N2C(=O)CSC2=O)CC1. The minimum Gasteiger partial charge on any atom is -0.341 e. The highest BCUT2D eigenvalue weighted by Gasteiger charge is 2.38. The minimum absolute atomic E-state index is 0.163. The molecular formula is C14H17N3O5S. The molecule has 0 aromatic heterocycles. The minimum atomic E-state index is -0.302. The van der Waals surface area contributed by atoms with Crippen LogP contribution < -0.4 is 0 Å². The van der Waals surface area contributed by atoms with Gasteiger partial charge >= 0.3 is 0 Å². The zero-order valence-electron chi connectivity index (χ0n) is 12.5. The summed E-state index contributed by atoms with van der Waals surface area (Å²) in [6, 6.07) is -0.163. The number of rotatable bonds is 3. The first-order chi connectivity index (χ1) is 11.0. The predicted molar refractivity (Wildman–Crippen MR) is 80.3 cm³/mol. The van der Waals surface area contributed by atoms with Gasteiger partial charge in [0, 0.05) is 32.0 Å². The van der Waals surface area contributed by atoms with Gasteiger partial charge in [-0.05, 0) is 12.8 Å². The van der Waals surface area contributed by atoms with Crippen LogP contribution in [-0.2, 0) is 19.2 Å². The second kappa shape index (κ2) is 6.31. The number of carbonyl (C=O) groups excluding carboxylic acids is 5. The van der Waals surface area contributed by atoms with Crippen LogP contribution in [0.1, 0.15) is 25.7 Å². The fourth-order valence-corrected chi connectivity index (χ4v) is 3.90. The van der Waals surface area contributed by atoms with Gasteiger partial charge in [-0.25, -0.2) is 0 Å². The number of hydrogen-bond donors (Lipinski definition) is 0. The first-order valence-electron chi connectivity index (χ1n) is 7.57. The molecule has 0 N–H and O–H groups in total. The summed E-state index contributed by atoms with van der Waals surface area (Å²) in [6.45, 7) is 0.628. The van der Waals surface area contributed by atoms with Gasteiger partial charge < -0.3 is 4.90 Å². The first-order valence-corrected chi connectivity index (χ1v) is 8.55. The van der Waals surface area contributed by atoms with Crippen molar-refractivity contribution in [3.8, 4) is 0 Å². The van der Waals surface area contributed by atoms with E-state index in [0.717, 1.165) is 16.7 Å². The summed E-state index contributed by atoms with van der Waals surface area (Å²) in [4.78, 5) is 62.7. The molecule has 3 rings (SSSR count). The summed E-state index contributed by atoms with van der Waals surface area (Å²) in [5, 5.41) is -0.215. The van der Waals surface area contributed by atoms with Crippen LogP contribution in [0.5, 0.6) is 0 Å². The van der Waals surface area contributed by atoms with Crippen LogP contribution in [-0.4, -0.2) is 75.0 Å². The quantitative estimate of drug-likeness (QED) is 0.662. The number of likely N-dealkylation sites (tertiary alicyclic amines) is 2. The molecule has 0 aliphatic carbocycles. The van der Waals surface area contributed by atoms with Gasteiger partial charge in [0.05, 0.1) is 5.75 Å². The molecule has 0 unspecified atom stereocenters. The second-order valence-electron chi connectivity index (χ2n) is 5.80. The van der Waals surface area contributed by atoms with Crippen LogP contribution in [0.4, 0.5) is 4.79 Å². The van der Waals surface area contributed by atoms with Gasteiger partial charge in [-0.15, -0.1) is 0 Å². The molecule has 0 atom stereocenters. The third kappa shape index (κ3) is 3.10. The topological polar surface area (TPSA) is 95.1 Å². The molecule has 23 heavy (non-hydrogen) atoms. The molecule has 0 spiro atoms. The van der Waals surface area contributed by atoms with E-state index in [4.69, 9.17) is 0 Å². The first kappa shape index (κ1) is 16.0. The van der Waals surface area contributed by atoms with Crippen molar-refractivity contribution in [1.29, 1.82) is 0 Å². The fourth-order valence-electron chi connectivity index (χ4n) is 3.13. The molecule has 3 saturated heterocycles. The standard InChI is InChI=1S/C14H17N3O5S/c18-10-1-2-11(19)16(10)7-12(20)15-5-3-9(4-6-15)17-13(21)8-23-14(17)22/h9H,1-8H2. The number of nitrogens with zero attached hydrogens (tertiary/aromatic N) is 3. The molecule has 0 saturated carbocycles.